The lowest BCUT2D eigenvalue weighted by Gasteiger charge is -2.38. The zero-order valence-electron chi connectivity index (χ0n) is 14.6. The molecule has 3 unspecified atom stereocenters. The van der Waals surface area contributed by atoms with Gasteiger partial charge in [-0.05, 0) is 35.4 Å². The Kier molecular flexibility index (Phi) is 4.56. The molecule has 0 amide bonds. The van der Waals surface area contributed by atoms with Gasteiger partial charge in [0.2, 0.25) is 10.0 Å². The van der Waals surface area contributed by atoms with E-state index in [2.05, 4.69) is 4.98 Å². The lowest BCUT2D eigenvalue weighted by molar-refractivity contribution is -0.141. The molecule has 0 radical (unpaired) electrons. The highest BCUT2D eigenvalue weighted by Gasteiger charge is 2.53. The van der Waals surface area contributed by atoms with Crippen LogP contribution >= 0.6 is 11.6 Å². The number of fused-ring (bicyclic) bond motifs is 5. The molecule has 6 nitrogen and oxygen atoms in total. The number of hydrogen-bond donors (Lipinski definition) is 2. The number of nitrogens with one attached hydrogen (secondary N) is 2. The van der Waals surface area contributed by atoms with Gasteiger partial charge in [0, 0.05) is 29.6 Å². The molecule has 2 aliphatic rings. The predicted octanol–water partition coefficient (Wildman–Crippen LogP) is 4.23. The SMILES string of the molecule is N=CC1C(=N)CC2c3ccc(Cl)cc3C1N2S(=O)(=O)c1ccc(C(F)(F)F)nc1. The summed E-state index contributed by atoms with van der Waals surface area (Å²) >= 11 is 6.08. The monoisotopic (exact) mass is 442 g/mol. The Labute approximate surface area is 169 Å². The predicted molar refractivity (Wildman–Crippen MR) is 99.8 cm³/mol. The molecule has 0 saturated carbocycles. The fraction of sp³-hybridized carbons (Fsp3) is 0.278. The quantitative estimate of drug-likeness (QED) is 0.696. The Balaban J connectivity index is 1.84. The molecule has 152 valence electrons. The molecule has 4 rings (SSSR count). The topological polar surface area (TPSA) is 98.0 Å². The minimum absolute atomic E-state index is 0.0818. The summed E-state index contributed by atoms with van der Waals surface area (Å²) in [7, 11) is -4.25. The van der Waals surface area contributed by atoms with Gasteiger partial charge in [0.25, 0.3) is 0 Å². The van der Waals surface area contributed by atoms with E-state index < -0.39 is 39.9 Å². The molecular formula is C18H14ClF3N4O2S. The lowest BCUT2D eigenvalue weighted by Crippen LogP contribution is -2.44. The number of rotatable bonds is 3. The summed E-state index contributed by atoms with van der Waals surface area (Å²) in [4.78, 5) is 2.88. The molecule has 1 aromatic carbocycles. The Hall–Kier alpha value is -2.30. The molecular weight excluding hydrogens is 429 g/mol. The molecule has 2 aliphatic heterocycles. The van der Waals surface area contributed by atoms with Crippen LogP contribution in [-0.2, 0) is 16.2 Å². The molecule has 29 heavy (non-hydrogen) atoms. The van der Waals surface area contributed by atoms with Gasteiger partial charge >= 0.3 is 6.18 Å². The van der Waals surface area contributed by atoms with Crippen molar-refractivity contribution in [3.8, 4) is 0 Å². The van der Waals surface area contributed by atoms with Crippen molar-refractivity contribution in [2.75, 3.05) is 0 Å². The molecule has 2 bridgehead atoms. The summed E-state index contributed by atoms with van der Waals surface area (Å²) in [6, 6.07) is 4.87. The van der Waals surface area contributed by atoms with Crippen LogP contribution in [0.15, 0.2) is 41.4 Å². The molecule has 11 heteroatoms. The van der Waals surface area contributed by atoms with E-state index in [0.717, 1.165) is 12.3 Å². The number of benzene rings is 1. The average Bonchev–Trinajstić information content (AvgIpc) is 2.90. The van der Waals surface area contributed by atoms with Gasteiger partial charge in [0.05, 0.1) is 18.0 Å². The fourth-order valence-electron chi connectivity index (χ4n) is 3.99. The summed E-state index contributed by atoms with van der Waals surface area (Å²) in [5, 5.41) is 16.3. The van der Waals surface area contributed by atoms with Gasteiger partial charge in [-0.25, -0.2) is 8.42 Å². The number of sulfonamides is 1. The highest BCUT2D eigenvalue weighted by Crippen LogP contribution is 2.54. The van der Waals surface area contributed by atoms with Crippen LogP contribution in [0.5, 0.6) is 0 Å². The second kappa shape index (κ2) is 6.61. The van der Waals surface area contributed by atoms with E-state index in [-0.39, 0.29) is 17.0 Å². The van der Waals surface area contributed by atoms with E-state index in [4.69, 9.17) is 22.4 Å². The number of pyridine rings is 1. The van der Waals surface area contributed by atoms with Crippen molar-refractivity contribution in [3.05, 3.63) is 58.4 Å². The number of aromatic nitrogens is 1. The highest BCUT2D eigenvalue weighted by molar-refractivity contribution is 7.89. The lowest BCUT2D eigenvalue weighted by atomic mass is 9.89. The fourth-order valence-corrected chi connectivity index (χ4v) is 5.91. The molecule has 0 aliphatic carbocycles. The van der Waals surface area contributed by atoms with Gasteiger partial charge in [0.15, 0.2) is 0 Å². The molecule has 0 spiro atoms. The van der Waals surface area contributed by atoms with Crippen LogP contribution in [0.25, 0.3) is 0 Å². The first-order chi connectivity index (χ1) is 13.6. The van der Waals surface area contributed by atoms with Crippen LogP contribution in [0.4, 0.5) is 13.2 Å². The molecule has 1 aromatic heterocycles. The van der Waals surface area contributed by atoms with Crippen molar-refractivity contribution < 1.29 is 21.6 Å². The van der Waals surface area contributed by atoms with Crippen LogP contribution in [0.3, 0.4) is 0 Å². The standard InChI is InChI=1S/C18H14ClF3N4O2S/c19-9-1-3-11-12(5-9)17-13(7-23)14(24)6-15(11)26(17)29(27,28)10-2-4-16(25-8-10)18(20,21)22/h1-5,7-8,13,15,17,23-24H,6H2. The third-order valence-corrected chi connectivity index (χ3v) is 7.35. The summed E-state index contributed by atoms with van der Waals surface area (Å²) in [6.45, 7) is 0. The summed E-state index contributed by atoms with van der Waals surface area (Å²) in [6.07, 6.45) is -2.89. The largest absolute Gasteiger partial charge is 0.433 e. The van der Waals surface area contributed by atoms with Gasteiger partial charge in [0.1, 0.15) is 10.6 Å². The zero-order chi connectivity index (χ0) is 21.1. The third-order valence-electron chi connectivity index (χ3n) is 5.25. The Morgan fingerprint density at radius 2 is 1.93 bits per heavy atom. The molecule has 3 atom stereocenters. The van der Waals surface area contributed by atoms with Gasteiger partial charge < -0.3 is 10.8 Å². The van der Waals surface area contributed by atoms with E-state index in [1.165, 1.54) is 4.31 Å². The first-order valence-corrected chi connectivity index (χ1v) is 10.3. The minimum Gasteiger partial charge on any atom is -0.312 e. The average molecular weight is 443 g/mol. The second-order valence-electron chi connectivity index (χ2n) is 6.87. The first-order valence-electron chi connectivity index (χ1n) is 8.49. The zero-order valence-corrected chi connectivity index (χ0v) is 16.2. The first kappa shape index (κ1) is 20.0. The Bertz CT molecular complexity index is 1120. The van der Waals surface area contributed by atoms with Crippen molar-refractivity contribution in [2.24, 2.45) is 5.92 Å². The maximum absolute atomic E-state index is 13.4. The third kappa shape index (κ3) is 3.06. The number of piperidine rings is 1. The van der Waals surface area contributed by atoms with E-state index in [9.17, 15) is 21.6 Å². The maximum Gasteiger partial charge on any atom is 0.433 e. The smallest absolute Gasteiger partial charge is 0.312 e. The normalized spacial score (nSPS) is 24.4. The number of halogens is 4. The summed E-state index contributed by atoms with van der Waals surface area (Å²) < 4.78 is 66.2. The summed E-state index contributed by atoms with van der Waals surface area (Å²) in [5.74, 6) is -0.789. The van der Waals surface area contributed by atoms with Crippen LogP contribution in [0.2, 0.25) is 5.02 Å². The van der Waals surface area contributed by atoms with Crippen molar-refractivity contribution in [1.29, 1.82) is 10.8 Å². The molecule has 1 saturated heterocycles. The molecule has 3 heterocycles. The molecule has 2 aromatic rings. The van der Waals surface area contributed by atoms with Gasteiger partial charge in [-0.15, -0.1) is 0 Å². The van der Waals surface area contributed by atoms with Crippen LogP contribution in [-0.4, -0.2) is 29.6 Å². The van der Waals surface area contributed by atoms with Crippen molar-refractivity contribution in [1.82, 2.24) is 9.29 Å². The minimum atomic E-state index is -4.68. The van der Waals surface area contributed by atoms with E-state index in [1.54, 1.807) is 18.2 Å². The van der Waals surface area contributed by atoms with Crippen molar-refractivity contribution in [3.63, 3.8) is 0 Å². The maximum atomic E-state index is 13.4. The van der Waals surface area contributed by atoms with Crippen molar-refractivity contribution in [2.45, 2.75) is 29.6 Å². The van der Waals surface area contributed by atoms with Crippen LogP contribution in [0.1, 0.15) is 35.3 Å². The molecule has 1 fully saturated rings. The Morgan fingerprint density at radius 3 is 2.52 bits per heavy atom. The van der Waals surface area contributed by atoms with E-state index in [1.807, 2.05) is 0 Å². The van der Waals surface area contributed by atoms with Crippen molar-refractivity contribution >= 4 is 33.6 Å². The van der Waals surface area contributed by atoms with E-state index in [0.29, 0.717) is 28.4 Å². The second-order valence-corrected chi connectivity index (χ2v) is 9.15. The van der Waals surface area contributed by atoms with E-state index >= 15 is 0 Å². The number of alkyl halides is 3. The highest BCUT2D eigenvalue weighted by atomic mass is 35.5. The van der Waals surface area contributed by atoms with Gasteiger partial charge in [-0.1, -0.05) is 17.7 Å². The summed E-state index contributed by atoms with van der Waals surface area (Å²) in [5.41, 5.74) is 0.310. The van der Waals surface area contributed by atoms with Crippen LogP contribution < -0.4 is 0 Å². The van der Waals surface area contributed by atoms with Gasteiger partial charge in [-0.2, -0.15) is 17.5 Å². The van der Waals surface area contributed by atoms with Gasteiger partial charge in [-0.3, -0.25) is 4.98 Å². The van der Waals surface area contributed by atoms with Crippen LogP contribution in [0, 0.1) is 16.7 Å². The number of hydrogen-bond acceptors (Lipinski definition) is 5. The molecule has 2 N–H and O–H groups in total. The number of nitrogens with zero attached hydrogens (tertiary/aromatic N) is 2. The Morgan fingerprint density at radius 1 is 1.21 bits per heavy atom.